The SMILES string of the molecule is Cc1ccsc1C(=O)N(Cc1cccs1)CC1CCCO1. The van der Waals surface area contributed by atoms with Gasteiger partial charge in [-0.3, -0.25) is 4.79 Å². The highest BCUT2D eigenvalue weighted by atomic mass is 32.1. The van der Waals surface area contributed by atoms with Crippen LogP contribution in [0.4, 0.5) is 0 Å². The minimum absolute atomic E-state index is 0.131. The summed E-state index contributed by atoms with van der Waals surface area (Å²) in [5.41, 5.74) is 1.06. The first-order valence-electron chi connectivity index (χ1n) is 7.21. The minimum Gasteiger partial charge on any atom is -0.376 e. The zero-order valence-corrected chi connectivity index (χ0v) is 13.7. The third kappa shape index (κ3) is 3.54. The molecule has 1 unspecified atom stereocenters. The molecule has 3 heterocycles. The highest BCUT2D eigenvalue weighted by Crippen LogP contribution is 2.22. The van der Waals surface area contributed by atoms with Crippen LogP contribution in [0.25, 0.3) is 0 Å². The standard InChI is InChI=1S/C16H19NO2S2/c1-12-6-9-21-15(12)16(18)17(10-13-4-2-7-19-13)11-14-5-3-8-20-14/h3,5-6,8-9,13H,2,4,7,10-11H2,1H3. The van der Waals surface area contributed by atoms with Crippen molar-refractivity contribution in [3.63, 3.8) is 0 Å². The van der Waals surface area contributed by atoms with Gasteiger partial charge in [0.2, 0.25) is 0 Å². The monoisotopic (exact) mass is 321 g/mol. The summed E-state index contributed by atoms with van der Waals surface area (Å²) in [6, 6.07) is 6.13. The summed E-state index contributed by atoms with van der Waals surface area (Å²) in [7, 11) is 0. The molecule has 1 saturated heterocycles. The van der Waals surface area contributed by atoms with E-state index in [0.29, 0.717) is 13.1 Å². The molecule has 0 saturated carbocycles. The summed E-state index contributed by atoms with van der Waals surface area (Å²) in [4.78, 5) is 16.8. The number of amides is 1. The molecule has 3 rings (SSSR count). The third-order valence-electron chi connectivity index (χ3n) is 3.72. The molecule has 1 aliphatic heterocycles. The van der Waals surface area contributed by atoms with Gasteiger partial charge >= 0.3 is 0 Å². The van der Waals surface area contributed by atoms with Gasteiger partial charge in [-0.15, -0.1) is 22.7 Å². The second kappa shape index (κ2) is 6.73. The first-order valence-corrected chi connectivity index (χ1v) is 8.97. The van der Waals surface area contributed by atoms with Gasteiger partial charge in [-0.25, -0.2) is 0 Å². The lowest BCUT2D eigenvalue weighted by atomic mass is 10.2. The lowest BCUT2D eigenvalue weighted by Gasteiger charge is -2.25. The van der Waals surface area contributed by atoms with Gasteiger partial charge in [-0.05, 0) is 48.2 Å². The molecule has 1 fully saturated rings. The predicted molar refractivity (Wildman–Crippen MR) is 87.1 cm³/mol. The van der Waals surface area contributed by atoms with Crippen molar-refractivity contribution in [3.8, 4) is 0 Å². The molecule has 0 aromatic carbocycles. The minimum atomic E-state index is 0.131. The number of hydrogen-bond acceptors (Lipinski definition) is 4. The molecule has 112 valence electrons. The van der Waals surface area contributed by atoms with Gasteiger partial charge in [0.15, 0.2) is 0 Å². The van der Waals surface area contributed by atoms with E-state index in [0.717, 1.165) is 29.9 Å². The Morgan fingerprint density at radius 3 is 2.90 bits per heavy atom. The molecular weight excluding hydrogens is 302 g/mol. The Morgan fingerprint density at radius 1 is 1.38 bits per heavy atom. The fraction of sp³-hybridized carbons (Fsp3) is 0.438. The fourth-order valence-electron chi connectivity index (χ4n) is 2.58. The summed E-state index contributed by atoms with van der Waals surface area (Å²) in [6.45, 7) is 4.19. The number of thiophene rings is 2. The van der Waals surface area contributed by atoms with Gasteiger partial charge in [-0.2, -0.15) is 0 Å². The van der Waals surface area contributed by atoms with Crippen molar-refractivity contribution >= 4 is 28.6 Å². The number of ether oxygens (including phenoxy) is 1. The molecule has 1 atom stereocenters. The molecule has 5 heteroatoms. The number of aryl methyl sites for hydroxylation is 1. The fourth-order valence-corrected chi connectivity index (χ4v) is 4.19. The van der Waals surface area contributed by atoms with Crippen LogP contribution in [0.2, 0.25) is 0 Å². The lowest BCUT2D eigenvalue weighted by Crippen LogP contribution is -2.36. The van der Waals surface area contributed by atoms with Crippen molar-refractivity contribution in [1.29, 1.82) is 0 Å². The predicted octanol–water partition coefficient (Wildman–Crippen LogP) is 3.94. The van der Waals surface area contributed by atoms with Crippen LogP contribution < -0.4 is 0 Å². The van der Waals surface area contributed by atoms with Gasteiger partial charge in [0.05, 0.1) is 17.5 Å². The molecule has 0 spiro atoms. The Kier molecular flexibility index (Phi) is 4.73. The molecule has 2 aromatic rings. The maximum Gasteiger partial charge on any atom is 0.264 e. The van der Waals surface area contributed by atoms with Crippen molar-refractivity contribution in [2.75, 3.05) is 13.2 Å². The van der Waals surface area contributed by atoms with Crippen molar-refractivity contribution in [1.82, 2.24) is 4.90 Å². The Bertz CT molecular complexity index is 585. The topological polar surface area (TPSA) is 29.5 Å². The smallest absolute Gasteiger partial charge is 0.264 e. The normalized spacial score (nSPS) is 18.0. The first-order chi connectivity index (χ1) is 10.2. The second-order valence-corrected chi connectivity index (χ2v) is 7.28. The number of carbonyl (C=O) groups is 1. The van der Waals surface area contributed by atoms with Gasteiger partial charge in [0, 0.05) is 18.0 Å². The summed E-state index contributed by atoms with van der Waals surface area (Å²) in [6.07, 6.45) is 2.34. The molecule has 0 bridgehead atoms. The van der Waals surface area contributed by atoms with Crippen molar-refractivity contribution in [2.45, 2.75) is 32.4 Å². The largest absolute Gasteiger partial charge is 0.376 e. The average Bonchev–Trinajstić information content (AvgIpc) is 3.19. The average molecular weight is 321 g/mol. The molecule has 1 aliphatic rings. The molecule has 2 aromatic heterocycles. The van der Waals surface area contributed by atoms with Crippen LogP contribution in [0.5, 0.6) is 0 Å². The van der Waals surface area contributed by atoms with E-state index in [1.165, 1.54) is 16.2 Å². The Labute approximate surface area is 133 Å². The molecule has 0 aliphatic carbocycles. The Balaban J connectivity index is 1.77. The van der Waals surface area contributed by atoms with Crippen LogP contribution in [0.15, 0.2) is 29.0 Å². The summed E-state index contributed by atoms with van der Waals surface area (Å²) >= 11 is 3.22. The zero-order valence-electron chi connectivity index (χ0n) is 12.1. The van der Waals surface area contributed by atoms with Gasteiger partial charge < -0.3 is 9.64 Å². The summed E-state index contributed by atoms with van der Waals surface area (Å²) in [5, 5.41) is 4.04. The van der Waals surface area contributed by atoms with Crippen molar-refractivity contribution in [2.24, 2.45) is 0 Å². The number of nitrogens with zero attached hydrogens (tertiary/aromatic N) is 1. The number of hydrogen-bond donors (Lipinski definition) is 0. The first kappa shape index (κ1) is 14.8. The summed E-state index contributed by atoms with van der Waals surface area (Å²) < 4.78 is 5.71. The maximum absolute atomic E-state index is 12.8. The Morgan fingerprint density at radius 2 is 2.29 bits per heavy atom. The van der Waals surface area contributed by atoms with E-state index < -0.39 is 0 Å². The van der Waals surface area contributed by atoms with E-state index >= 15 is 0 Å². The van der Waals surface area contributed by atoms with E-state index in [-0.39, 0.29) is 12.0 Å². The van der Waals surface area contributed by atoms with Crippen LogP contribution in [0.1, 0.15) is 33.0 Å². The van der Waals surface area contributed by atoms with Crippen LogP contribution in [-0.2, 0) is 11.3 Å². The quantitative estimate of drug-likeness (QED) is 0.835. The van der Waals surface area contributed by atoms with Crippen LogP contribution in [0, 0.1) is 6.92 Å². The van der Waals surface area contributed by atoms with E-state index in [1.807, 2.05) is 29.3 Å². The molecule has 21 heavy (non-hydrogen) atoms. The van der Waals surface area contributed by atoms with Gasteiger partial charge in [0.25, 0.3) is 5.91 Å². The van der Waals surface area contributed by atoms with E-state index in [9.17, 15) is 4.79 Å². The number of carbonyl (C=O) groups excluding carboxylic acids is 1. The molecule has 1 amide bonds. The maximum atomic E-state index is 12.8. The van der Waals surface area contributed by atoms with Gasteiger partial charge in [-0.1, -0.05) is 6.07 Å². The van der Waals surface area contributed by atoms with Crippen LogP contribution >= 0.6 is 22.7 Å². The highest BCUT2D eigenvalue weighted by molar-refractivity contribution is 7.12. The molecule has 0 radical (unpaired) electrons. The lowest BCUT2D eigenvalue weighted by molar-refractivity contribution is 0.0513. The number of rotatable bonds is 5. The van der Waals surface area contributed by atoms with Crippen LogP contribution in [0.3, 0.4) is 0 Å². The zero-order chi connectivity index (χ0) is 14.7. The van der Waals surface area contributed by atoms with E-state index in [2.05, 4.69) is 11.4 Å². The highest BCUT2D eigenvalue weighted by Gasteiger charge is 2.25. The van der Waals surface area contributed by atoms with Gasteiger partial charge in [0.1, 0.15) is 0 Å². The van der Waals surface area contributed by atoms with Crippen molar-refractivity contribution < 1.29 is 9.53 Å². The summed E-state index contributed by atoms with van der Waals surface area (Å²) in [5.74, 6) is 0.131. The third-order valence-corrected chi connectivity index (χ3v) is 5.58. The van der Waals surface area contributed by atoms with E-state index in [4.69, 9.17) is 4.74 Å². The van der Waals surface area contributed by atoms with Crippen molar-refractivity contribution in [3.05, 3.63) is 44.3 Å². The van der Waals surface area contributed by atoms with Crippen LogP contribution in [-0.4, -0.2) is 30.1 Å². The second-order valence-electron chi connectivity index (χ2n) is 5.33. The molecule has 0 N–H and O–H groups in total. The van der Waals surface area contributed by atoms with E-state index in [1.54, 1.807) is 11.3 Å². The Hall–Kier alpha value is -1.17. The molecular formula is C16H19NO2S2. The molecule has 3 nitrogen and oxygen atoms in total.